The summed E-state index contributed by atoms with van der Waals surface area (Å²) in [6.45, 7) is 0.733. The van der Waals surface area contributed by atoms with Crippen LogP contribution >= 0.6 is 0 Å². The lowest BCUT2D eigenvalue weighted by molar-refractivity contribution is -0.144. The number of carbonyl (C=O) groups is 2. The van der Waals surface area contributed by atoms with Gasteiger partial charge in [-0.3, -0.25) is 9.59 Å². The van der Waals surface area contributed by atoms with Crippen molar-refractivity contribution >= 4 is 11.8 Å². The van der Waals surface area contributed by atoms with Gasteiger partial charge in [0.2, 0.25) is 0 Å². The Morgan fingerprint density at radius 2 is 2.22 bits per heavy atom. The van der Waals surface area contributed by atoms with Crippen molar-refractivity contribution in [3.8, 4) is 6.07 Å². The van der Waals surface area contributed by atoms with E-state index < -0.39 is 18.4 Å². The Kier molecular flexibility index (Phi) is 3.06. The summed E-state index contributed by atoms with van der Waals surface area (Å²) in [4.78, 5) is 20.1. The molecule has 0 rings (SSSR count). The van der Waals surface area contributed by atoms with Gasteiger partial charge in [0.15, 0.2) is 6.61 Å². The fraction of sp³-hybridized carbons (Fsp3) is 0.400. The van der Waals surface area contributed by atoms with Crippen molar-refractivity contribution in [3.63, 3.8) is 0 Å². The number of hydrogen-bond donors (Lipinski definition) is 0. The molecule has 9 heavy (non-hydrogen) atoms. The Morgan fingerprint density at radius 3 is 2.56 bits per heavy atom. The first-order valence-electron chi connectivity index (χ1n) is 2.23. The lowest BCUT2D eigenvalue weighted by atomic mass is 10.5. The average molecular weight is 127 g/mol. The molecule has 4 heteroatoms. The first kappa shape index (κ1) is 7.63. The van der Waals surface area contributed by atoms with E-state index in [0.717, 1.165) is 0 Å². The number of ether oxygens (including phenoxy) is 1. The SMILES string of the molecule is CC(=O)OCC(=O)C#N. The third kappa shape index (κ3) is 4.48. The minimum Gasteiger partial charge on any atom is -0.457 e. The first-order valence-corrected chi connectivity index (χ1v) is 2.23. The minimum atomic E-state index is -0.745. The molecule has 4 nitrogen and oxygen atoms in total. The predicted molar refractivity (Wildman–Crippen MR) is 27.3 cm³/mol. The average Bonchev–Trinajstić information content (AvgIpc) is 1.83. The van der Waals surface area contributed by atoms with Gasteiger partial charge >= 0.3 is 5.97 Å². The van der Waals surface area contributed by atoms with Crippen molar-refractivity contribution < 1.29 is 14.3 Å². The van der Waals surface area contributed by atoms with Gasteiger partial charge in [-0.25, -0.2) is 0 Å². The molecule has 0 unspecified atom stereocenters. The summed E-state index contributed by atoms with van der Waals surface area (Å²) in [5, 5.41) is 7.86. The van der Waals surface area contributed by atoms with Crippen LogP contribution in [0.25, 0.3) is 0 Å². The number of Topliss-reactive ketones (excluding diaryl/α,β-unsaturated/α-hetero) is 1. The summed E-state index contributed by atoms with van der Waals surface area (Å²) in [7, 11) is 0. The molecule has 0 aromatic carbocycles. The third-order valence-corrected chi connectivity index (χ3v) is 0.531. The summed E-state index contributed by atoms with van der Waals surface area (Å²) in [5.74, 6) is -1.30. The minimum absolute atomic E-state index is 0.439. The van der Waals surface area contributed by atoms with Crippen LogP contribution in [0.2, 0.25) is 0 Å². The second kappa shape index (κ2) is 3.61. The Morgan fingerprint density at radius 1 is 1.67 bits per heavy atom. The van der Waals surface area contributed by atoms with Crippen LogP contribution < -0.4 is 0 Å². The van der Waals surface area contributed by atoms with Gasteiger partial charge in [0, 0.05) is 6.92 Å². The third-order valence-electron chi connectivity index (χ3n) is 0.531. The molecule has 0 N–H and O–H groups in total. The number of nitriles is 1. The van der Waals surface area contributed by atoms with E-state index in [1.54, 1.807) is 0 Å². The van der Waals surface area contributed by atoms with E-state index in [1.165, 1.54) is 13.0 Å². The van der Waals surface area contributed by atoms with E-state index in [4.69, 9.17) is 5.26 Å². The fourth-order valence-corrected chi connectivity index (χ4v) is 0.199. The number of nitrogens with zero attached hydrogens (tertiary/aromatic N) is 1. The van der Waals surface area contributed by atoms with Crippen molar-refractivity contribution in [3.05, 3.63) is 0 Å². The monoisotopic (exact) mass is 127 g/mol. The highest BCUT2D eigenvalue weighted by Crippen LogP contribution is 1.75. The maximum Gasteiger partial charge on any atom is 0.303 e. The summed E-state index contributed by atoms with van der Waals surface area (Å²) < 4.78 is 4.18. The van der Waals surface area contributed by atoms with Crippen molar-refractivity contribution in [2.75, 3.05) is 6.61 Å². The van der Waals surface area contributed by atoms with Gasteiger partial charge in [-0.2, -0.15) is 5.26 Å². The van der Waals surface area contributed by atoms with E-state index in [2.05, 4.69) is 4.74 Å². The smallest absolute Gasteiger partial charge is 0.303 e. The Hall–Kier alpha value is -1.37. The largest absolute Gasteiger partial charge is 0.457 e. The highest BCUT2D eigenvalue weighted by Gasteiger charge is 1.99. The zero-order valence-corrected chi connectivity index (χ0v) is 4.88. The molecule has 0 fully saturated rings. The molecule has 0 aliphatic heterocycles. The Balaban J connectivity index is 3.43. The molecule has 0 aliphatic carbocycles. The molecule has 0 aromatic rings. The molecular formula is C5H5NO3. The normalized spacial score (nSPS) is 7.56. The zero-order chi connectivity index (χ0) is 7.28. The fourth-order valence-electron chi connectivity index (χ4n) is 0.199. The highest BCUT2D eigenvalue weighted by molar-refractivity contribution is 5.95. The quantitative estimate of drug-likeness (QED) is 0.375. The van der Waals surface area contributed by atoms with Crippen LogP contribution in [0.5, 0.6) is 0 Å². The number of esters is 1. The summed E-state index contributed by atoms with van der Waals surface area (Å²) in [6.07, 6.45) is 0. The standard InChI is InChI=1S/C5H5NO3/c1-4(7)9-3-5(8)2-6/h3H2,1H3. The van der Waals surface area contributed by atoms with Crippen LogP contribution in [0, 0.1) is 11.3 Å². The summed E-state index contributed by atoms with van der Waals surface area (Å²) in [5.41, 5.74) is 0. The Bertz CT molecular complexity index is 168. The number of hydrogen-bond acceptors (Lipinski definition) is 4. The highest BCUT2D eigenvalue weighted by atomic mass is 16.5. The number of ketones is 1. The second-order valence-corrected chi connectivity index (χ2v) is 1.32. The number of carbonyl (C=O) groups excluding carboxylic acids is 2. The van der Waals surface area contributed by atoms with Crippen LogP contribution in [-0.2, 0) is 14.3 Å². The van der Waals surface area contributed by atoms with E-state index in [9.17, 15) is 9.59 Å². The van der Waals surface area contributed by atoms with Gasteiger partial charge in [-0.1, -0.05) is 0 Å². The molecule has 0 heterocycles. The molecule has 0 aliphatic rings. The molecule has 0 spiro atoms. The number of rotatable bonds is 2. The van der Waals surface area contributed by atoms with Gasteiger partial charge in [0.25, 0.3) is 5.78 Å². The first-order chi connectivity index (χ1) is 4.16. The van der Waals surface area contributed by atoms with Gasteiger partial charge in [-0.15, -0.1) is 0 Å². The lowest BCUT2D eigenvalue weighted by Gasteiger charge is -1.92. The molecule has 0 bridgehead atoms. The topological polar surface area (TPSA) is 67.2 Å². The molecular weight excluding hydrogens is 122 g/mol. The van der Waals surface area contributed by atoms with E-state index in [-0.39, 0.29) is 0 Å². The molecule has 48 valence electrons. The van der Waals surface area contributed by atoms with Crippen LogP contribution in [0.4, 0.5) is 0 Å². The second-order valence-electron chi connectivity index (χ2n) is 1.32. The van der Waals surface area contributed by atoms with Crippen molar-refractivity contribution in [2.24, 2.45) is 0 Å². The molecule has 0 radical (unpaired) electrons. The Labute approximate surface area is 52.0 Å². The van der Waals surface area contributed by atoms with E-state index in [1.807, 2.05) is 0 Å². The van der Waals surface area contributed by atoms with Gasteiger partial charge in [-0.05, 0) is 0 Å². The summed E-state index contributed by atoms with van der Waals surface area (Å²) >= 11 is 0. The van der Waals surface area contributed by atoms with Crippen molar-refractivity contribution in [2.45, 2.75) is 6.92 Å². The van der Waals surface area contributed by atoms with Crippen LogP contribution in [0.15, 0.2) is 0 Å². The van der Waals surface area contributed by atoms with E-state index >= 15 is 0 Å². The van der Waals surface area contributed by atoms with E-state index in [0.29, 0.717) is 0 Å². The van der Waals surface area contributed by atoms with Gasteiger partial charge in [0.1, 0.15) is 6.07 Å². The van der Waals surface area contributed by atoms with Crippen molar-refractivity contribution in [1.82, 2.24) is 0 Å². The molecule has 0 amide bonds. The zero-order valence-electron chi connectivity index (χ0n) is 4.88. The molecule has 0 atom stereocenters. The van der Waals surface area contributed by atoms with Gasteiger partial charge < -0.3 is 4.74 Å². The predicted octanol–water partition coefficient (Wildman–Crippen LogP) is -0.358. The van der Waals surface area contributed by atoms with Crippen LogP contribution in [0.1, 0.15) is 6.92 Å². The van der Waals surface area contributed by atoms with Crippen LogP contribution in [0.3, 0.4) is 0 Å². The summed E-state index contributed by atoms with van der Waals surface area (Å²) in [6, 6.07) is 1.30. The van der Waals surface area contributed by atoms with Crippen LogP contribution in [-0.4, -0.2) is 18.4 Å². The maximum atomic E-state index is 10.1. The lowest BCUT2D eigenvalue weighted by Crippen LogP contribution is -2.08. The molecule has 0 aromatic heterocycles. The maximum absolute atomic E-state index is 10.1. The van der Waals surface area contributed by atoms with Gasteiger partial charge in [0.05, 0.1) is 0 Å². The molecule has 0 saturated heterocycles. The molecule has 0 saturated carbocycles. The van der Waals surface area contributed by atoms with Crippen molar-refractivity contribution in [1.29, 1.82) is 5.26 Å².